The van der Waals surface area contributed by atoms with Gasteiger partial charge in [0, 0.05) is 34.4 Å². The van der Waals surface area contributed by atoms with E-state index in [0.717, 1.165) is 58.2 Å². The third-order valence-corrected chi connectivity index (χ3v) is 5.24. The number of hydrogen-bond donors (Lipinski definition) is 1. The average Bonchev–Trinajstić information content (AvgIpc) is 3.33. The number of nitrogens with one attached hydrogen (secondary N) is 1. The Labute approximate surface area is 142 Å². The van der Waals surface area contributed by atoms with Crippen LogP contribution in [0.3, 0.4) is 0 Å². The summed E-state index contributed by atoms with van der Waals surface area (Å²) in [5, 5.41) is 5.64. The van der Waals surface area contributed by atoms with Crippen LogP contribution in [-0.4, -0.2) is 23.7 Å². The highest BCUT2D eigenvalue weighted by atomic mass is 35.5. The Morgan fingerprint density at radius 3 is 2.78 bits per heavy atom. The Hall–Kier alpha value is -1.32. The second kappa shape index (κ2) is 5.95. The molecular weight excluding hydrogens is 308 g/mol. The van der Waals surface area contributed by atoms with Crippen LogP contribution in [0.5, 0.6) is 0 Å². The molecule has 23 heavy (non-hydrogen) atoms. The van der Waals surface area contributed by atoms with Crippen LogP contribution in [0.1, 0.15) is 36.9 Å². The predicted octanol–water partition coefficient (Wildman–Crippen LogP) is 4.87. The van der Waals surface area contributed by atoms with Gasteiger partial charge in [-0.2, -0.15) is 0 Å². The molecule has 0 amide bonds. The van der Waals surface area contributed by atoms with Crippen molar-refractivity contribution in [3.8, 4) is 0 Å². The molecule has 1 aromatic heterocycles. The Morgan fingerprint density at radius 2 is 2.00 bits per heavy atom. The van der Waals surface area contributed by atoms with Gasteiger partial charge in [-0.05, 0) is 69.2 Å². The normalized spacial score (nSPS) is 24.8. The molecule has 2 heterocycles. The van der Waals surface area contributed by atoms with Crippen LogP contribution in [0.2, 0.25) is 5.02 Å². The van der Waals surface area contributed by atoms with Crippen molar-refractivity contribution in [3.63, 3.8) is 0 Å². The van der Waals surface area contributed by atoms with Crippen LogP contribution in [0.15, 0.2) is 18.2 Å². The van der Waals surface area contributed by atoms with E-state index in [1.165, 1.54) is 12.8 Å². The van der Waals surface area contributed by atoms with Gasteiger partial charge < -0.3 is 10.1 Å². The minimum atomic E-state index is 0.445. The van der Waals surface area contributed by atoms with E-state index in [-0.39, 0.29) is 0 Å². The zero-order chi connectivity index (χ0) is 16.0. The fourth-order valence-electron chi connectivity index (χ4n) is 3.68. The molecule has 122 valence electrons. The number of pyridine rings is 1. The lowest BCUT2D eigenvalue weighted by atomic mass is 9.99. The highest BCUT2D eigenvalue weighted by Crippen LogP contribution is 2.39. The molecule has 0 spiro atoms. The molecule has 2 unspecified atom stereocenters. The van der Waals surface area contributed by atoms with Crippen LogP contribution in [0.25, 0.3) is 10.9 Å². The van der Waals surface area contributed by atoms with Crippen LogP contribution in [0, 0.1) is 19.8 Å². The third kappa shape index (κ3) is 3.17. The Balaban J connectivity index is 1.65. The number of benzene rings is 1. The Morgan fingerprint density at radius 1 is 1.17 bits per heavy atom. The number of fused-ring (bicyclic) bond motifs is 1. The van der Waals surface area contributed by atoms with E-state index in [0.29, 0.717) is 12.1 Å². The summed E-state index contributed by atoms with van der Waals surface area (Å²) < 4.78 is 5.95. The molecule has 2 aromatic rings. The first-order chi connectivity index (χ1) is 11.1. The van der Waals surface area contributed by atoms with E-state index in [2.05, 4.69) is 25.2 Å². The number of ether oxygens (including phenoxy) is 1. The predicted molar refractivity (Wildman–Crippen MR) is 95.3 cm³/mol. The molecule has 1 N–H and O–H groups in total. The van der Waals surface area contributed by atoms with Crippen LogP contribution < -0.4 is 5.32 Å². The SMILES string of the molecule is Cc1cc(NC2CCOC(C3CC3)C2)c2cc(Cl)cc(C)c2n1. The molecule has 4 heteroatoms. The van der Waals surface area contributed by atoms with Crippen molar-refractivity contribution in [3.05, 3.63) is 34.5 Å². The third-order valence-electron chi connectivity index (χ3n) is 5.02. The Bertz CT molecular complexity index is 742. The van der Waals surface area contributed by atoms with Crippen molar-refractivity contribution < 1.29 is 4.74 Å². The minimum absolute atomic E-state index is 0.445. The average molecular weight is 331 g/mol. The van der Waals surface area contributed by atoms with Gasteiger partial charge in [0.1, 0.15) is 0 Å². The van der Waals surface area contributed by atoms with Gasteiger partial charge in [0.05, 0.1) is 11.6 Å². The molecule has 1 saturated carbocycles. The summed E-state index contributed by atoms with van der Waals surface area (Å²) in [5.41, 5.74) is 4.36. The summed E-state index contributed by atoms with van der Waals surface area (Å²) >= 11 is 6.28. The topological polar surface area (TPSA) is 34.1 Å². The number of nitrogens with zero attached hydrogens (tertiary/aromatic N) is 1. The van der Waals surface area contributed by atoms with Crippen molar-refractivity contribution in [2.45, 2.75) is 51.7 Å². The van der Waals surface area contributed by atoms with E-state index in [1.807, 2.05) is 12.1 Å². The number of halogens is 1. The summed E-state index contributed by atoms with van der Waals surface area (Å²) in [5.74, 6) is 0.798. The summed E-state index contributed by atoms with van der Waals surface area (Å²) in [6.45, 7) is 4.98. The lowest BCUT2D eigenvalue weighted by molar-refractivity contribution is -0.00217. The van der Waals surface area contributed by atoms with E-state index in [1.54, 1.807) is 0 Å². The lowest BCUT2D eigenvalue weighted by Gasteiger charge is -2.31. The standard InChI is InChI=1S/C19H23ClN2O/c1-11-7-14(20)9-16-17(8-12(2)21-19(11)16)22-15-5-6-23-18(10-15)13-3-4-13/h7-9,13,15,18H,3-6,10H2,1-2H3,(H,21,22). The van der Waals surface area contributed by atoms with Crippen molar-refractivity contribution >= 4 is 28.2 Å². The summed E-state index contributed by atoms with van der Waals surface area (Å²) in [7, 11) is 0. The zero-order valence-electron chi connectivity index (χ0n) is 13.7. The van der Waals surface area contributed by atoms with Crippen molar-refractivity contribution in [2.24, 2.45) is 5.92 Å². The second-order valence-corrected chi connectivity index (χ2v) is 7.48. The number of aryl methyl sites for hydroxylation is 2. The van der Waals surface area contributed by atoms with Gasteiger partial charge in [0.25, 0.3) is 0 Å². The van der Waals surface area contributed by atoms with Gasteiger partial charge in [-0.1, -0.05) is 11.6 Å². The van der Waals surface area contributed by atoms with Crippen molar-refractivity contribution in [2.75, 3.05) is 11.9 Å². The quantitative estimate of drug-likeness (QED) is 0.871. The van der Waals surface area contributed by atoms with Crippen LogP contribution >= 0.6 is 11.6 Å². The molecule has 2 atom stereocenters. The molecule has 1 aliphatic heterocycles. The fourth-order valence-corrected chi connectivity index (χ4v) is 3.95. The molecule has 1 aromatic carbocycles. The van der Waals surface area contributed by atoms with Gasteiger partial charge in [-0.3, -0.25) is 4.98 Å². The Kier molecular flexibility index (Phi) is 3.94. The van der Waals surface area contributed by atoms with E-state index >= 15 is 0 Å². The van der Waals surface area contributed by atoms with E-state index < -0.39 is 0 Å². The minimum Gasteiger partial charge on any atom is -0.382 e. The van der Waals surface area contributed by atoms with Gasteiger partial charge in [0.15, 0.2) is 0 Å². The maximum absolute atomic E-state index is 6.28. The largest absolute Gasteiger partial charge is 0.382 e. The van der Waals surface area contributed by atoms with E-state index in [4.69, 9.17) is 21.3 Å². The first-order valence-electron chi connectivity index (χ1n) is 8.56. The number of hydrogen-bond acceptors (Lipinski definition) is 3. The summed E-state index contributed by atoms with van der Waals surface area (Å²) in [6, 6.07) is 6.62. The molecule has 1 aliphatic carbocycles. The highest BCUT2D eigenvalue weighted by molar-refractivity contribution is 6.31. The van der Waals surface area contributed by atoms with Gasteiger partial charge in [-0.25, -0.2) is 0 Å². The monoisotopic (exact) mass is 330 g/mol. The molecule has 1 saturated heterocycles. The maximum atomic E-state index is 6.28. The maximum Gasteiger partial charge on any atom is 0.0756 e. The van der Waals surface area contributed by atoms with Crippen molar-refractivity contribution in [1.82, 2.24) is 4.98 Å². The zero-order valence-corrected chi connectivity index (χ0v) is 14.5. The van der Waals surface area contributed by atoms with Gasteiger partial charge in [-0.15, -0.1) is 0 Å². The molecule has 3 nitrogen and oxygen atoms in total. The molecule has 2 aliphatic rings. The molecule has 0 bridgehead atoms. The van der Waals surface area contributed by atoms with Crippen molar-refractivity contribution in [1.29, 1.82) is 0 Å². The van der Waals surface area contributed by atoms with E-state index in [9.17, 15) is 0 Å². The molecule has 2 fully saturated rings. The fraction of sp³-hybridized carbons (Fsp3) is 0.526. The van der Waals surface area contributed by atoms with Crippen LogP contribution in [0.4, 0.5) is 5.69 Å². The lowest BCUT2D eigenvalue weighted by Crippen LogP contribution is -2.35. The first-order valence-corrected chi connectivity index (χ1v) is 8.93. The molecule has 0 radical (unpaired) electrons. The molecular formula is C19H23ClN2O. The highest BCUT2D eigenvalue weighted by Gasteiger charge is 2.35. The summed E-state index contributed by atoms with van der Waals surface area (Å²) in [6.07, 6.45) is 5.28. The van der Waals surface area contributed by atoms with Crippen LogP contribution in [-0.2, 0) is 4.74 Å². The first kappa shape index (κ1) is 15.2. The second-order valence-electron chi connectivity index (χ2n) is 7.04. The number of anilines is 1. The summed E-state index contributed by atoms with van der Waals surface area (Å²) in [4.78, 5) is 4.70. The van der Waals surface area contributed by atoms with Gasteiger partial charge in [0.2, 0.25) is 0 Å². The smallest absolute Gasteiger partial charge is 0.0756 e. The number of aromatic nitrogens is 1. The number of rotatable bonds is 3. The van der Waals surface area contributed by atoms with Gasteiger partial charge >= 0.3 is 0 Å². The molecule has 4 rings (SSSR count).